The lowest BCUT2D eigenvalue weighted by Gasteiger charge is -2.17. The first-order chi connectivity index (χ1) is 32.2. The number of hydrogen-bond donors (Lipinski definition) is 0. The molecule has 0 saturated heterocycles. The van der Waals surface area contributed by atoms with Gasteiger partial charge in [-0.15, -0.1) is 11.3 Å². The van der Waals surface area contributed by atoms with E-state index in [9.17, 15) is 0 Å². The van der Waals surface area contributed by atoms with Crippen molar-refractivity contribution in [3.05, 3.63) is 206 Å². The molecule has 0 aliphatic carbocycles. The minimum Gasteiger partial charge on any atom is -0.456 e. The molecule has 0 atom stereocenters. The van der Waals surface area contributed by atoms with Gasteiger partial charge in [0.1, 0.15) is 11.2 Å². The molecule has 302 valence electrons. The molecule has 14 aromatic rings. The van der Waals surface area contributed by atoms with Crippen molar-refractivity contribution >= 4 is 96.8 Å². The first kappa shape index (κ1) is 36.1. The van der Waals surface area contributed by atoms with E-state index in [0.717, 1.165) is 66.5 Å². The molecule has 0 saturated carbocycles. The second kappa shape index (κ2) is 14.0. The molecule has 4 aromatic heterocycles. The summed E-state index contributed by atoms with van der Waals surface area (Å²) in [5, 5.41) is 11.8. The molecule has 14 rings (SSSR count). The van der Waals surface area contributed by atoms with Gasteiger partial charge in [-0.2, -0.15) is 0 Å². The van der Waals surface area contributed by atoms with Gasteiger partial charge in [-0.05, 0) is 81.2 Å². The molecule has 0 radical (unpaired) electrons. The average molecular weight is 847 g/mol. The molecular weight excluding hydrogens is 813 g/mol. The second-order valence-electron chi connectivity index (χ2n) is 16.7. The second-order valence-corrected chi connectivity index (χ2v) is 17.8. The highest BCUT2D eigenvalue weighted by molar-refractivity contribution is 7.26. The van der Waals surface area contributed by atoms with Crippen LogP contribution >= 0.6 is 11.3 Å². The van der Waals surface area contributed by atoms with Gasteiger partial charge in [-0.3, -0.25) is 0 Å². The molecule has 0 spiro atoms. The first-order valence-corrected chi connectivity index (χ1v) is 22.7. The third kappa shape index (κ3) is 5.61. The van der Waals surface area contributed by atoms with Crippen molar-refractivity contribution < 1.29 is 4.42 Å². The minimum absolute atomic E-state index is 0.569. The van der Waals surface area contributed by atoms with Crippen molar-refractivity contribution in [2.24, 2.45) is 0 Å². The van der Waals surface area contributed by atoms with Crippen LogP contribution in [0.4, 0.5) is 0 Å². The lowest BCUT2D eigenvalue weighted by molar-refractivity contribution is 0.669. The van der Waals surface area contributed by atoms with Gasteiger partial charge in [0, 0.05) is 58.4 Å². The van der Waals surface area contributed by atoms with Crippen LogP contribution in [0.3, 0.4) is 0 Å². The molecule has 0 N–H and O–H groups in total. The highest BCUT2D eigenvalue weighted by Gasteiger charge is 2.25. The Labute approximate surface area is 376 Å². The summed E-state index contributed by atoms with van der Waals surface area (Å²) >= 11 is 1.85. The smallest absolute Gasteiger partial charge is 0.166 e. The molecule has 65 heavy (non-hydrogen) atoms. The van der Waals surface area contributed by atoms with Gasteiger partial charge < -0.3 is 8.98 Å². The van der Waals surface area contributed by atoms with Crippen molar-refractivity contribution in [3.8, 4) is 51.0 Å². The Balaban J connectivity index is 1.09. The molecule has 5 nitrogen and oxygen atoms in total. The number of hydrogen-bond acceptors (Lipinski definition) is 5. The normalized spacial score (nSPS) is 12.0. The van der Waals surface area contributed by atoms with Crippen LogP contribution in [0.5, 0.6) is 0 Å². The van der Waals surface area contributed by atoms with Gasteiger partial charge in [-0.1, -0.05) is 158 Å². The van der Waals surface area contributed by atoms with Gasteiger partial charge in [0.25, 0.3) is 0 Å². The van der Waals surface area contributed by atoms with Crippen molar-refractivity contribution in [1.82, 2.24) is 19.5 Å². The zero-order valence-corrected chi connectivity index (χ0v) is 35.6. The number of benzene rings is 10. The SMILES string of the molecule is c1ccc(-c2ccc(-c3nc(-c4ccc5c(c4)oc4ccccc45)nc(-c4ccc5sc6c7ccccc7ccc6c5c4-n4c5ccccc5c5cc6ccccc6cc54)n3)cc2)cc1. The summed E-state index contributed by atoms with van der Waals surface area (Å²) in [4.78, 5) is 16.2. The first-order valence-electron chi connectivity index (χ1n) is 21.8. The maximum atomic E-state index is 6.42. The fourth-order valence-corrected chi connectivity index (χ4v) is 11.2. The molecule has 0 aliphatic heterocycles. The number of para-hydroxylation sites is 2. The molecular formula is C59H34N4OS. The third-order valence-corrected chi connectivity index (χ3v) is 14.2. The van der Waals surface area contributed by atoms with Crippen LogP contribution in [-0.2, 0) is 0 Å². The fraction of sp³-hybridized carbons (Fsp3) is 0. The van der Waals surface area contributed by atoms with Crippen LogP contribution in [0.25, 0.3) is 136 Å². The highest BCUT2D eigenvalue weighted by Crippen LogP contribution is 2.47. The quantitative estimate of drug-likeness (QED) is 0.173. The Kier molecular flexibility index (Phi) is 7.79. The lowest BCUT2D eigenvalue weighted by Crippen LogP contribution is -2.04. The summed E-state index contributed by atoms with van der Waals surface area (Å²) in [5.41, 5.74) is 9.87. The summed E-state index contributed by atoms with van der Waals surface area (Å²) in [6, 6.07) is 73.3. The predicted molar refractivity (Wildman–Crippen MR) is 271 cm³/mol. The van der Waals surface area contributed by atoms with E-state index in [2.05, 4.69) is 187 Å². The Morgan fingerprint density at radius 2 is 0.985 bits per heavy atom. The summed E-state index contributed by atoms with van der Waals surface area (Å²) in [5.74, 6) is 1.75. The largest absolute Gasteiger partial charge is 0.456 e. The molecule has 0 amide bonds. The summed E-state index contributed by atoms with van der Waals surface area (Å²) in [6.07, 6.45) is 0. The van der Waals surface area contributed by atoms with E-state index in [4.69, 9.17) is 19.4 Å². The Bertz CT molecular complexity index is 4240. The Morgan fingerprint density at radius 3 is 1.83 bits per heavy atom. The number of furan rings is 1. The van der Waals surface area contributed by atoms with E-state index in [0.29, 0.717) is 17.5 Å². The zero-order valence-electron chi connectivity index (χ0n) is 34.7. The Hall–Kier alpha value is -8.45. The average Bonchev–Trinajstić information content (AvgIpc) is 4.05. The topological polar surface area (TPSA) is 56.7 Å². The zero-order chi connectivity index (χ0) is 42.6. The van der Waals surface area contributed by atoms with Crippen molar-refractivity contribution in [3.63, 3.8) is 0 Å². The maximum Gasteiger partial charge on any atom is 0.166 e. The van der Waals surface area contributed by atoms with E-state index >= 15 is 0 Å². The molecule has 0 unspecified atom stereocenters. The van der Waals surface area contributed by atoms with Gasteiger partial charge in [0.05, 0.1) is 16.7 Å². The Morgan fingerprint density at radius 1 is 0.369 bits per heavy atom. The maximum absolute atomic E-state index is 6.42. The van der Waals surface area contributed by atoms with E-state index in [1.165, 1.54) is 52.5 Å². The van der Waals surface area contributed by atoms with Gasteiger partial charge >= 0.3 is 0 Å². The molecule has 0 fully saturated rings. The number of nitrogens with zero attached hydrogens (tertiary/aromatic N) is 4. The monoisotopic (exact) mass is 846 g/mol. The van der Waals surface area contributed by atoms with Gasteiger partial charge in [0.2, 0.25) is 0 Å². The van der Waals surface area contributed by atoms with Crippen LogP contribution < -0.4 is 0 Å². The van der Waals surface area contributed by atoms with Gasteiger partial charge in [0.15, 0.2) is 17.5 Å². The third-order valence-electron chi connectivity index (χ3n) is 13.0. The summed E-state index contributed by atoms with van der Waals surface area (Å²) < 4.78 is 11.3. The molecule has 6 heteroatoms. The van der Waals surface area contributed by atoms with Crippen LogP contribution in [0, 0.1) is 0 Å². The summed E-state index contributed by atoms with van der Waals surface area (Å²) in [7, 11) is 0. The van der Waals surface area contributed by atoms with E-state index in [1.54, 1.807) is 0 Å². The fourth-order valence-electron chi connectivity index (χ4n) is 9.95. The standard InChI is InChI=1S/C59H34N4OS/c1-2-12-35(13-3-1)36-22-24-38(25-23-36)57-60-58(41-27-28-45-44-19-9-11-21-51(44)64-52(45)34-41)62-59(61-57)47-30-31-53-54(46-29-26-37-14-6-7-17-42(37)56(46)65-53)55(47)63-49-20-10-8-18-43(49)48-32-39-15-4-5-16-40(39)33-50(48)63/h1-34H. The van der Waals surface area contributed by atoms with Crippen LogP contribution in [0.15, 0.2) is 211 Å². The van der Waals surface area contributed by atoms with E-state index in [-0.39, 0.29) is 0 Å². The number of fused-ring (bicyclic) bond motifs is 12. The molecule has 4 heterocycles. The van der Waals surface area contributed by atoms with Crippen molar-refractivity contribution in [2.75, 3.05) is 0 Å². The molecule has 10 aromatic carbocycles. The number of aromatic nitrogens is 4. The van der Waals surface area contributed by atoms with Gasteiger partial charge in [-0.25, -0.2) is 15.0 Å². The van der Waals surface area contributed by atoms with Crippen LogP contribution in [-0.4, -0.2) is 19.5 Å². The van der Waals surface area contributed by atoms with Crippen molar-refractivity contribution in [2.45, 2.75) is 0 Å². The minimum atomic E-state index is 0.569. The van der Waals surface area contributed by atoms with Crippen molar-refractivity contribution in [1.29, 1.82) is 0 Å². The lowest BCUT2D eigenvalue weighted by atomic mass is 10.0. The number of rotatable bonds is 5. The van der Waals surface area contributed by atoms with E-state index < -0.39 is 0 Å². The van der Waals surface area contributed by atoms with Crippen LogP contribution in [0.1, 0.15) is 0 Å². The molecule has 0 aliphatic rings. The molecule has 0 bridgehead atoms. The van der Waals surface area contributed by atoms with Crippen LogP contribution in [0.2, 0.25) is 0 Å². The highest BCUT2D eigenvalue weighted by atomic mass is 32.1. The number of thiophene rings is 1. The predicted octanol–water partition coefficient (Wildman–Crippen LogP) is 16.2. The summed E-state index contributed by atoms with van der Waals surface area (Å²) in [6.45, 7) is 0. The van der Waals surface area contributed by atoms with E-state index in [1.807, 2.05) is 35.6 Å².